The molecule has 1 aromatic rings. The molecule has 0 bridgehead atoms. The molecular weight excluding hydrogens is 300 g/mol. The molecule has 10 nitrogen and oxygen atoms in total. The van der Waals surface area contributed by atoms with Crippen LogP contribution in [0.4, 0.5) is 11.4 Å². The summed E-state index contributed by atoms with van der Waals surface area (Å²) in [6.07, 6.45) is -1.05. The highest BCUT2D eigenvalue weighted by Gasteiger charge is 2.40. The van der Waals surface area contributed by atoms with E-state index in [1.807, 2.05) is 0 Å². The number of carbonyl (C=O) groups is 1. The number of ether oxygens (including phenoxy) is 3. The van der Waals surface area contributed by atoms with E-state index in [4.69, 9.17) is 14.2 Å². The van der Waals surface area contributed by atoms with Gasteiger partial charge in [-0.2, -0.15) is 0 Å². The zero-order valence-corrected chi connectivity index (χ0v) is 11.7. The minimum atomic E-state index is -1.05. The quantitative estimate of drug-likeness (QED) is 0.468. The Morgan fingerprint density at radius 3 is 2.36 bits per heavy atom. The number of fused-ring (bicyclic) bond motifs is 1. The van der Waals surface area contributed by atoms with Crippen LogP contribution in [0, 0.1) is 20.2 Å². The van der Waals surface area contributed by atoms with Gasteiger partial charge in [0.25, 0.3) is 0 Å². The normalized spacial score (nSPS) is 14.1. The molecule has 0 fully saturated rings. The van der Waals surface area contributed by atoms with Gasteiger partial charge in [0, 0.05) is 6.92 Å². The summed E-state index contributed by atoms with van der Waals surface area (Å²) in [7, 11) is 0. The average molecular weight is 312 g/mol. The number of nitro benzene ring substituents is 2. The van der Waals surface area contributed by atoms with E-state index in [9.17, 15) is 25.0 Å². The number of benzene rings is 1. The van der Waals surface area contributed by atoms with Crippen LogP contribution in [0.25, 0.3) is 0 Å². The number of nitro groups is 2. The molecule has 0 aliphatic carbocycles. The minimum Gasteiger partial charge on any atom is -0.486 e. The molecule has 2 rings (SSSR count). The maximum atomic E-state index is 11.3. The lowest BCUT2D eigenvalue weighted by Crippen LogP contribution is -2.18. The molecule has 0 aromatic heterocycles. The molecule has 22 heavy (non-hydrogen) atoms. The van der Waals surface area contributed by atoms with Gasteiger partial charge < -0.3 is 14.2 Å². The van der Waals surface area contributed by atoms with Gasteiger partial charge in [-0.15, -0.1) is 0 Å². The summed E-state index contributed by atoms with van der Waals surface area (Å²) in [5.41, 5.74) is -1.71. The van der Waals surface area contributed by atoms with Crippen molar-refractivity contribution in [2.45, 2.75) is 20.0 Å². The summed E-state index contributed by atoms with van der Waals surface area (Å²) in [5.74, 6) is -0.946. The van der Waals surface area contributed by atoms with Crippen molar-refractivity contribution in [3.8, 4) is 11.5 Å². The first kappa shape index (κ1) is 15.5. The lowest BCUT2D eigenvalue weighted by atomic mass is 10.0. The van der Waals surface area contributed by atoms with Crippen LogP contribution in [0.15, 0.2) is 6.07 Å². The van der Waals surface area contributed by atoms with Crippen molar-refractivity contribution in [3.05, 3.63) is 31.9 Å². The van der Waals surface area contributed by atoms with Gasteiger partial charge in [-0.1, -0.05) is 0 Å². The molecule has 118 valence electrons. The fraction of sp³-hybridized carbons (Fsp3) is 0.417. The van der Waals surface area contributed by atoms with E-state index in [0.29, 0.717) is 0 Å². The van der Waals surface area contributed by atoms with E-state index >= 15 is 0 Å². The van der Waals surface area contributed by atoms with Gasteiger partial charge in [0.2, 0.25) is 5.75 Å². The van der Waals surface area contributed by atoms with Gasteiger partial charge in [0.15, 0.2) is 5.75 Å². The van der Waals surface area contributed by atoms with Crippen molar-refractivity contribution in [2.24, 2.45) is 0 Å². The molecule has 0 amide bonds. The smallest absolute Gasteiger partial charge is 0.391 e. The third-order valence-corrected chi connectivity index (χ3v) is 2.96. The highest BCUT2D eigenvalue weighted by atomic mass is 16.6. The Bertz CT molecular complexity index is 657. The van der Waals surface area contributed by atoms with E-state index < -0.39 is 33.3 Å². The Morgan fingerprint density at radius 1 is 1.23 bits per heavy atom. The second kappa shape index (κ2) is 5.84. The van der Waals surface area contributed by atoms with Crippen LogP contribution in [0.2, 0.25) is 0 Å². The first-order valence-corrected chi connectivity index (χ1v) is 6.25. The molecule has 0 saturated heterocycles. The standard InChI is InChI=1S/C12H12N2O8/c1-6(22-7(2)15)8-5-9-12(21-4-3-20-9)11(14(18)19)10(8)13(16)17/h5-6H,3-4H2,1-2H3. The molecule has 1 aliphatic rings. The number of hydrogen-bond acceptors (Lipinski definition) is 8. The highest BCUT2D eigenvalue weighted by molar-refractivity contribution is 5.73. The lowest BCUT2D eigenvalue weighted by molar-refractivity contribution is -0.424. The van der Waals surface area contributed by atoms with Crippen LogP contribution in [-0.4, -0.2) is 29.0 Å². The molecule has 1 atom stereocenters. The Balaban J connectivity index is 2.71. The van der Waals surface area contributed by atoms with E-state index in [1.165, 1.54) is 13.0 Å². The second-order valence-corrected chi connectivity index (χ2v) is 4.45. The Labute approximate surface area is 123 Å². The Hall–Kier alpha value is -2.91. The predicted molar refractivity (Wildman–Crippen MR) is 70.9 cm³/mol. The monoisotopic (exact) mass is 312 g/mol. The van der Waals surface area contributed by atoms with Crippen molar-refractivity contribution >= 4 is 17.3 Å². The average Bonchev–Trinajstić information content (AvgIpc) is 2.43. The van der Waals surface area contributed by atoms with Crippen molar-refractivity contribution in [1.29, 1.82) is 0 Å². The van der Waals surface area contributed by atoms with E-state index in [2.05, 4.69) is 0 Å². The van der Waals surface area contributed by atoms with Gasteiger partial charge >= 0.3 is 17.3 Å². The van der Waals surface area contributed by atoms with Crippen LogP contribution in [0.1, 0.15) is 25.5 Å². The second-order valence-electron chi connectivity index (χ2n) is 4.45. The van der Waals surface area contributed by atoms with E-state index in [1.54, 1.807) is 0 Å². The lowest BCUT2D eigenvalue weighted by Gasteiger charge is -2.20. The van der Waals surface area contributed by atoms with Crippen molar-refractivity contribution < 1.29 is 28.9 Å². The van der Waals surface area contributed by atoms with Gasteiger partial charge in [0.05, 0.1) is 15.4 Å². The first-order chi connectivity index (χ1) is 10.3. The van der Waals surface area contributed by atoms with Gasteiger partial charge in [-0.05, 0) is 13.0 Å². The molecule has 0 spiro atoms. The van der Waals surface area contributed by atoms with Crippen LogP contribution in [0.3, 0.4) is 0 Å². The number of hydrogen-bond donors (Lipinski definition) is 0. The summed E-state index contributed by atoms with van der Waals surface area (Å²) >= 11 is 0. The van der Waals surface area contributed by atoms with Crippen LogP contribution < -0.4 is 9.47 Å². The molecule has 0 saturated carbocycles. The van der Waals surface area contributed by atoms with Crippen LogP contribution in [-0.2, 0) is 9.53 Å². The summed E-state index contributed by atoms with van der Waals surface area (Å²) in [6, 6.07) is 1.23. The van der Waals surface area contributed by atoms with E-state index in [0.717, 1.165) is 6.92 Å². The number of rotatable bonds is 4. The third kappa shape index (κ3) is 2.75. The zero-order valence-electron chi connectivity index (χ0n) is 11.7. The molecule has 0 radical (unpaired) electrons. The summed E-state index contributed by atoms with van der Waals surface area (Å²) in [4.78, 5) is 31.8. The summed E-state index contributed by atoms with van der Waals surface area (Å²) in [6.45, 7) is 2.71. The predicted octanol–water partition coefficient (Wildman–Crippen LogP) is 1.90. The minimum absolute atomic E-state index is 0.0116. The third-order valence-electron chi connectivity index (χ3n) is 2.96. The molecule has 10 heteroatoms. The molecule has 1 aromatic carbocycles. The molecule has 1 heterocycles. The van der Waals surface area contributed by atoms with Crippen molar-refractivity contribution in [1.82, 2.24) is 0 Å². The van der Waals surface area contributed by atoms with Gasteiger partial charge in [-0.25, -0.2) is 0 Å². The van der Waals surface area contributed by atoms with Gasteiger partial charge in [-0.3, -0.25) is 25.0 Å². The van der Waals surface area contributed by atoms with Crippen LogP contribution in [0.5, 0.6) is 11.5 Å². The van der Waals surface area contributed by atoms with Crippen molar-refractivity contribution in [2.75, 3.05) is 13.2 Å². The fourth-order valence-corrected chi connectivity index (χ4v) is 2.16. The van der Waals surface area contributed by atoms with Crippen molar-refractivity contribution in [3.63, 3.8) is 0 Å². The number of esters is 1. The van der Waals surface area contributed by atoms with Gasteiger partial charge in [0.1, 0.15) is 19.3 Å². The molecule has 0 N–H and O–H groups in total. The maximum Gasteiger partial charge on any atom is 0.391 e. The van der Waals surface area contributed by atoms with Crippen LogP contribution >= 0.6 is 0 Å². The molecule has 1 aliphatic heterocycles. The Kier molecular flexibility index (Phi) is 4.11. The summed E-state index contributed by atoms with van der Waals surface area (Å²) < 4.78 is 15.3. The number of nitrogens with zero attached hydrogens (tertiary/aromatic N) is 2. The SMILES string of the molecule is CC(=O)OC(C)c1cc2c(c([N+](=O)[O-])c1[N+](=O)[O-])OCCO2. The topological polar surface area (TPSA) is 131 Å². The molecular formula is C12H12N2O8. The first-order valence-electron chi connectivity index (χ1n) is 6.25. The summed E-state index contributed by atoms with van der Waals surface area (Å²) in [5, 5.41) is 22.5. The maximum absolute atomic E-state index is 11.3. The fourth-order valence-electron chi connectivity index (χ4n) is 2.16. The Morgan fingerprint density at radius 2 is 1.82 bits per heavy atom. The number of carbonyl (C=O) groups excluding carboxylic acids is 1. The zero-order chi connectivity index (χ0) is 16.4. The largest absolute Gasteiger partial charge is 0.486 e. The highest BCUT2D eigenvalue weighted by Crippen LogP contribution is 2.49. The molecule has 1 unspecified atom stereocenters. The van der Waals surface area contributed by atoms with E-state index in [-0.39, 0.29) is 30.3 Å².